The molecule has 2 aliphatic rings. The monoisotopic (exact) mass is 308 g/mol. The second-order valence-electron chi connectivity index (χ2n) is 5.54. The predicted octanol–water partition coefficient (Wildman–Crippen LogP) is 1.80. The number of rotatable bonds is 2. The molecule has 2 N–H and O–H groups in total. The van der Waals surface area contributed by atoms with Crippen molar-refractivity contribution in [2.45, 2.75) is 19.3 Å². The molecule has 2 aliphatic heterocycles. The molecular weight excluding hydrogens is 291 g/mol. The van der Waals surface area contributed by atoms with Crippen molar-refractivity contribution in [1.82, 2.24) is 0 Å². The number of ether oxygens (including phenoxy) is 1. The first-order valence-corrected chi connectivity index (χ1v) is 7.43. The van der Waals surface area contributed by atoms with Crippen LogP contribution in [0.25, 0.3) is 0 Å². The van der Waals surface area contributed by atoms with Crippen LogP contribution in [0.1, 0.15) is 18.4 Å². The van der Waals surface area contributed by atoms with Gasteiger partial charge in [0.1, 0.15) is 11.2 Å². The van der Waals surface area contributed by atoms with Crippen molar-refractivity contribution < 1.29 is 13.9 Å². The van der Waals surface area contributed by atoms with Gasteiger partial charge in [0, 0.05) is 25.4 Å². The lowest BCUT2D eigenvalue weighted by Gasteiger charge is -2.37. The summed E-state index contributed by atoms with van der Waals surface area (Å²) in [6.45, 7) is 1.47. The third-order valence-electron chi connectivity index (χ3n) is 4.42. The van der Waals surface area contributed by atoms with E-state index in [1.807, 2.05) is 0 Å². The summed E-state index contributed by atoms with van der Waals surface area (Å²) in [5.74, 6) is -0.465. The van der Waals surface area contributed by atoms with Gasteiger partial charge >= 0.3 is 0 Å². The Bertz CT molecular complexity index is 599. The Kier molecular flexibility index (Phi) is 3.67. The molecule has 21 heavy (non-hydrogen) atoms. The maximum Gasteiger partial charge on any atom is 0.240 e. The van der Waals surface area contributed by atoms with Gasteiger partial charge in [-0.25, -0.2) is 4.39 Å². The smallest absolute Gasteiger partial charge is 0.240 e. The molecule has 1 aromatic rings. The maximum absolute atomic E-state index is 13.5. The normalized spacial score (nSPS) is 20.1. The predicted molar refractivity (Wildman–Crippen MR) is 81.7 cm³/mol. The minimum absolute atomic E-state index is 0.123. The summed E-state index contributed by atoms with van der Waals surface area (Å²) in [5, 5.41) is 0. The van der Waals surface area contributed by atoms with Crippen molar-refractivity contribution in [3.63, 3.8) is 0 Å². The Morgan fingerprint density at radius 1 is 1.38 bits per heavy atom. The molecule has 0 aliphatic carbocycles. The molecule has 6 heteroatoms. The molecule has 1 saturated heterocycles. The third-order valence-corrected chi connectivity index (χ3v) is 4.81. The number of nitrogens with two attached hydrogens (primary N) is 1. The highest BCUT2D eigenvalue weighted by molar-refractivity contribution is 7.80. The minimum atomic E-state index is -0.860. The fourth-order valence-electron chi connectivity index (χ4n) is 3.11. The number of thiocarbonyl (C=S) groups is 1. The van der Waals surface area contributed by atoms with E-state index in [4.69, 9.17) is 22.7 Å². The van der Waals surface area contributed by atoms with Crippen LogP contribution in [0, 0.1) is 11.2 Å². The Hall–Kier alpha value is -1.53. The zero-order chi connectivity index (χ0) is 15.0. The summed E-state index contributed by atoms with van der Waals surface area (Å²) >= 11 is 5.16. The van der Waals surface area contributed by atoms with Crippen LogP contribution in [0.3, 0.4) is 0 Å². The average molecular weight is 308 g/mol. The Morgan fingerprint density at radius 3 is 2.76 bits per heavy atom. The molecule has 112 valence electrons. The lowest BCUT2D eigenvalue weighted by atomic mass is 9.78. The number of hydrogen-bond donors (Lipinski definition) is 1. The highest BCUT2D eigenvalue weighted by Crippen LogP contribution is 2.38. The van der Waals surface area contributed by atoms with Gasteiger partial charge in [-0.15, -0.1) is 0 Å². The van der Waals surface area contributed by atoms with Gasteiger partial charge in [0.25, 0.3) is 0 Å². The summed E-state index contributed by atoms with van der Waals surface area (Å²) in [5.41, 5.74) is 6.64. The van der Waals surface area contributed by atoms with E-state index in [-0.39, 0.29) is 16.7 Å². The first-order valence-electron chi connectivity index (χ1n) is 7.03. The maximum atomic E-state index is 13.5. The molecule has 1 amide bonds. The summed E-state index contributed by atoms with van der Waals surface area (Å²) in [6, 6.07) is 4.56. The number of hydrogen-bond acceptors (Lipinski definition) is 3. The first-order chi connectivity index (χ1) is 10.0. The van der Waals surface area contributed by atoms with Gasteiger partial charge in [0.05, 0.1) is 4.99 Å². The molecule has 3 rings (SSSR count). The summed E-state index contributed by atoms with van der Waals surface area (Å²) < 4.78 is 18.8. The van der Waals surface area contributed by atoms with E-state index in [2.05, 4.69) is 0 Å². The Morgan fingerprint density at radius 2 is 2.10 bits per heavy atom. The van der Waals surface area contributed by atoms with Crippen LogP contribution in [0.2, 0.25) is 0 Å². The van der Waals surface area contributed by atoms with Crippen LogP contribution in [-0.4, -0.2) is 30.7 Å². The van der Waals surface area contributed by atoms with E-state index in [0.29, 0.717) is 38.3 Å². The average Bonchev–Trinajstić information content (AvgIpc) is 2.89. The lowest BCUT2D eigenvalue weighted by Crippen LogP contribution is -2.53. The van der Waals surface area contributed by atoms with Crippen LogP contribution in [-0.2, 0) is 16.0 Å². The molecule has 1 fully saturated rings. The quantitative estimate of drug-likeness (QED) is 0.847. The molecular formula is C15H17FN2O2S. The molecule has 0 aromatic heterocycles. The fourth-order valence-corrected chi connectivity index (χ4v) is 3.40. The van der Waals surface area contributed by atoms with E-state index in [1.54, 1.807) is 11.0 Å². The number of carbonyl (C=O) groups is 1. The fraction of sp³-hybridized carbons (Fsp3) is 0.467. The van der Waals surface area contributed by atoms with Crippen LogP contribution >= 0.6 is 12.2 Å². The zero-order valence-electron chi connectivity index (χ0n) is 11.6. The van der Waals surface area contributed by atoms with Crippen LogP contribution in [0.15, 0.2) is 18.2 Å². The van der Waals surface area contributed by atoms with E-state index in [1.165, 1.54) is 12.1 Å². The molecule has 4 nitrogen and oxygen atoms in total. The van der Waals surface area contributed by atoms with E-state index in [9.17, 15) is 9.18 Å². The highest BCUT2D eigenvalue weighted by Gasteiger charge is 2.46. The third kappa shape index (κ3) is 2.32. The second kappa shape index (κ2) is 5.35. The molecule has 0 unspecified atom stereocenters. The van der Waals surface area contributed by atoms with E-state index in [0.717, 1.165) is 12.0 Å². The number of benzene rings is 1. The zero-order valence-corrected chi connectivity index (χ0v) is 12.4. The second-order valence-corrected chi connectivity index (χ2v) is 5.98. The number of amides is 1. The van der Waals surface area contributed by atoms with Crippen molar-refractivity contribution in [3.8, 4) is 0 Å². The SMILES string of the molecule is NC(=S)C1(C(=O)N2CCc3ccc(F)cc32)CCOCC1. The lowest BCUT2D eigenvalue weighted by molar-refractivity contribution is -0.128. The van der Waals surface area contributed by atoms with Crippen LogP contribution in [0.4, 0.5) is 10.1 Å². The van der Waals surface area contributed by atoms with Crippen LogP contribution < -0.4 is 10.6 Å². The Labute approximate surface area is 128 Å². The first kappa shape index (κ1) is 14.4. The van der Waals surface area contributed by atoms with Crippen molar-refractivity contribution in [3.05, 3.63) is 29.6 Å². The molecule has 2 heterocycles. The van der Waals surface area contributed by atoms with Crippen molar-refractivity contribution in [1.29, 1.82) is 0 Å². The molecule has 0 saturated carbocycles. The van der Waals surface area contributed by atoms with Crippen molar-refractivity contribution in [2.75, 3.05) is 24.7 Å². The minimum Gasteiger partial charge on any atom is -0.392 e. The van der Waals surface area contributed by atoms with Gasteiger partial charge in [-0.1, -0.05) is 18.3 Å². The van der Waals surface area contributed by atoms with Crippen molar-refractivity contribution in [2.24, 2.45) is 11.1 Å². The van der Waals surface area contributed by atoms with Crippen molar-refractivity contribution >= 4 is 28.8 Å². The van der Waals surface area contributed by atoms with Gasteiger partial charge in [-0.2, -0.15) is 0 Å². The summed E-state index contributed by atoms with van der Waals surface area (Å²) in [7, 11) is 0. The van der Waals surface area contributed by atoms with Gasteiger partial charge in [-0.3, -0.25) is 4.79 Å². The van der Waals surface area contributed by atoms with Gasteiger partial charge in [-0.05, 0) is 37.0 Å². The van der Waals surface area contributed by atoms with E-state index >= 15 is 0 Å². The van der Waals surface area contributed by atoms with Gasteiger partial charge < -0.3 is 15.4 Å². The van der Waals surface area contributed by atoms with Gasteiger partial charge in [0.2, 0.25) is 5.91 Å². The number of fused-ring (bicyclic) bond motifs is 1. The number of nitrogens with zero attached hydrogens (tertiary/aromatic N) is 1. The van der Waals surface area contributed by atoms with Crippen LogP contribution in [0.5, 0.6) is 0 Å². The molecule has 0 radical (unpaired) electrons. The number of anilines is 1. The highest BCUT2D eigenvalue weighted by atomic mass is 32.1. The van der Waals surface area contributed by atoms with E-state index < -0.39 is 5.41 Å². The summed E-state index contributed by atoms with van der Waals surface area (Å²) in [6.07, 6.45) is 1.70. The topological polar surface area (TPSA) is 55.6 Å². The number of halogens is 1. The summed E-state index contributed by atoms with van der Waals surface area (Å²) in [4.78, 5) is 14.9. The standard InChI is InChI=1S/C15H17FN2O2S/c16-11-2-1-10-3-6-18(12(10)9-11)14(19)15(13(17)21)4-7-20-8-5-15/h1-2,9H,3-8H2,(H2,17,21). The molecule has 0 spiro atoms. The molecule has 1 aromatic carbocycles. The largest absolute Gasteiger partial charge is 0.392 e. The molecule has 0 atom stereocenters. The number of carbonyl (C=O) groups excluding carboxylic acids is 1. The van der Waals surface area contributed by atoms with Gasteiger partial charge in [0.15, 0.2) is 0 Å². The molecule has 0 bridgehead atoms. The Balaban J connectivity index is 1.96.